The van der Waals surface area contributed by atoms with Crippen LogP contribution in [-0.2, 0) is 10.3 Å². The lowest BCUT2D eigenvalue weighted by Crippen LogP contribution is -2.49. The van der Waals surface area contributed by atoms with Crippen LogP contribution in [0.25, 0.3) is 0 Å². The van der Waals surface area contributed by atoms with Gasteiger partial charge in [0.2, 0.25) is 5.91 Å². The summed E-state index contributed by atoms with van der Waals surface area (Å²) >= 11 is 3.38. The smallest absolute Gasteiger partial charge is 0.244 e. The fraction of sp³-hybridized carbons (Fsp3) is 0.533. The molecule has 0 heterocycles. The van der Waals surface area contributed by atoms with E-state index in [0.717, 1.165) is 16.6 Å². The number of hydrogen-bond donors (Lipinski definition) is 2. The summed E-state index contributed by atoms with van der Waals surface area (Å²) < 4.78 is 0.979. The summed E-state index contributed by atoms with van der Waals surface area (Å²) in [5.74, 6) is 0.467. The summed E-state index contributed by atoms with van der Waals surface area (Å²) in [7, 11) is 0. The van der Waals surface area contributed by atoms with Gasteiger partial charge in [-0.3, -0.25) is 4.79 Å². The lowest BCUT2D eigenvalue weighted by molar-refractivity contribution is -0.126. The number of amides is 1. The summed E-state index contributed by atoms with van der Waals surface area (Å²) in [6, 6.07) is 7.56. The largest absolute Gasteiger partial charge is 0.354 e. The highest BCUT2D eigenvalue weighted by Gasteiger charge is 2.45. The number of nitrogens with one attached hydrogen (secondary N) is 1. The van der Waals surface area contributed by atoms with Gasteiger partial charge in [0.25, 0.3) is 0 Å². The minimum absolute atomic E-state index is 0.113. The average molecular weight is 325 g/mol. The van der Waals surface area contributed by atoms with E-state index in [-0.39, 0.29) is 5.91 Å². The molecule has 1 fully saturated rings. The second-order valence-electron chi connectivity index (χ2n) is 6.31. The SMILES string of the molecule is CC(N)(C(=O)NCC1CC1(C)C)c1ccc(Br)cc1. The molecule has 2 rings (SSSR count). The lowest BCUT2D eigenvalue weighted by atomic mass is 9.92. The van der Waals surface area contributed by atoms with Gasteiger partial charge < -0.3 is 11.1 Å². The predicted molar refractivity (Wildman–Crippen MR) is 80.6 cm³/mol. The Morgan fingerprint density at radius 1 is 1.47 bits per heavy atom. The number of halogens is 1. The molecule has 3 nitrogen and oxygen atoms in total. The van der Waals surface area contributed by atoms with Crippen LogP contribution in [0.15, 0.2) is 28.7 Å². The Labute approximate surface area is 123 Å². The van der Waals surface area contributed by atoms with Crippen LogP contribution in [0.5, 0.6) is 0 Å². The van der Waals surface area contributed by atoms with Gasteiger partial charge in [-0.15, -0.1) is 0 Å². The molecule has 19 heavy (non-hydrogen) atoms. The summed E-state index contributed by atoms with van der Waals surface area (Å²) in [6.45, 7) is 6.92. The minimum atomic E-state index is -0.986. The van der Waals surface area contributed by atoms with E-state index < -0.39 is 5.54 Å². The quantitative estimate of drug-likeness (QED) is 0.894. The summed E-state index contributed by atoms with van der Waals surface area (Å²) in [4.78, 5) is 12.2. The fourth-order valence-electron chi connectivity index (χ4n) is 2.25. The van der Waals surface area contributed by atoms with Gasteiger partial charge >= 0.3 is 0 Å². The summed E-state index contributed by atoms with van der Waals surface area (Å²) in [6.07, 6.45) is 1.17. The van der Waals surface area contributed by atoms with Crippen molar-refractivity contribution in [3.8, 4) is 0 Å². The third-order valence-corrected chi connectivity index (χ3v) is 4.67. The van der Waals surface area contributed by atoms with Gasteiger partial charge in [0.15, 0.2) is 0 Å². The Morgan fingerprint density at radius 2 is 2.00 bits per heavy atom. The molecule has 1 saturated carbocycles. The fourth-order valence-corrected chi connectivity index (χ4v) is 2.52. The summed E-state index contributed by atoms with van der Waals surface area (Å²) in [5, 5.41) is 2.98. The van der Waals surface area contributed by atoms with Gasteiger partial charge in [-0.2, -0.15) is 0 Å². The van der Waals surface area contributed by atoms with Crippen molar-refractivity contribution in [2.45, 2.75) is 32.7 Å². The predicted octanol–water partition coefficient (Wildman–Crippen LogP) is 2.79. The third-order valence-electron chi connectivity index (χ3n) is 4.14. The van der Waals surface area contributed by atoms with Crippen LogP contribution in [0, 0.1) is 11.3 Å². The molecular formula is C15H21BrN2O. The molecule has 0 saturated heterocycles. The number of rotatable bonds is 4. The summed E-state index contributed by atoms with van der Waals surface area (Å²) in [5.41, 5.74) is 6.39. The highest BCUT2D eigenvalue weighted by molar-refractivity contribution is 9.10. The molecule has 2 unspecified atom stereocenters. The average Bonchev–Trinajstić information content (AvgIpc) is 2.94. The Hall–Kier alpha value is -0.870. The molecule has 1 aliphatic carbocycles. The maximum absolute atomic E-state index is 12.2. The Bertz CT molecular complexity index is 479. The van der Waals surface area contributed by atoms with E-state index in [4.69, 9.17) is 5.73 Å². The van der Waals surface area contributed by atoms with Crippen LogP contribution in [0.4, 0.5) is 0 Å². The first kappa shape index (κ1) is 14.5. The maximum atomic E-state index is 12.2. The van der Waals surface area contributed by atoms with Crippen molar-refractivity contribution >= 4 is 21.8 Å². The van der Waals surface area contributed by atoms with Crippen molar-refractivity contribution in [1.82, 2.24) is 5.32 Å². The van der Waals surface area contributed by atoms with Gasteiger partial charge in [-0.1, -0.05) is 41.9 Å². The van der Waals surface area contributed by atoms with Gasteiger partial charge in [0.1, 0.15) is 5.54 Å². The van der Waals surface area contributed by atoms with E-state index in [1.807, 2.05) is 24.3 Å². The number of hydrogen-bond acceptors (Lipinski definition) is 2. The van der Waals surface area contributed by atoms with E-state index >= 15 is 0 Å². The number of carbonyl (C=O) groups is 1. The van der Waals surface area contributed by atoms with E-state index in [0.29, 0.717) is 11.3 Å². The molecule has 1 aromatic carbocycles. The molecule has 0 aliphatic heterocycles. The molecule has 104 valence electrons. The maximum Gasteiger partial charge on any atom is 0.244 e. The van der Waals surface area contributed by atoms with Gasteiger partial charge in [0.05, 0.1) is 0 Å². The van der Waals surface area contributed by atoms with Crippen molar-refractivity contribution < 1.29 is 4.79 Å². The molecule has 0 aromatic heterocycles. The van der Waals surface area contributed by atoms with Crippen LogP contribution in [-0.4, -0.2) is 12.5 Å². The zero-order valence-corrected chi connectivity index (χ0v) is 13.3. The molecular weight excluding hydrogens is 304 g/mol. The Morgan fingerprint density at radius 3 is 2.47 bits per heavy atom. The molecule has 1 amide bonds. The van der Waals surface area contributed by atoms with Crippen molar-refractivity contribution in [2.24, 2.45) is 17.1 Å². The van der Waals surface area contributed by atoms with E-state index in [1.165, 1.54) is 6.42 Å². The van der Waals surface area contributed by atoms with Crippen LogP contribution in [0.3, 0.4) is 0 Å². The van der Waals surface area contributed by atoms with E-state index in [2.05, 4.69) is 35.1 Å². The monoisotopic (exact) mass is 324 g/mol. The van der Waals surface area contributed by atoms with Crippen molar-refractivity contribution in [1.29, 1.82) is 0 Å². The van der Waals surface area contributed by atoms with E-state index in [9.17, 15) is 4.79 Å². The first-order valence-electron chi connectivity index (χ1n) is 6.57. The lowest BCUT2D eigenvalue weighted by Gasteiger charge is -2.24. The van der Waals surface area contributed by atoms with Gasteiger partial charge in [-0.25, -0.2) is 0 Å². The van der Waals surface area contributed by atoms with Gasteiger partial charge in [-0.05, 0) is 42.4 Å². The van der Waals surface area contributed by atoms with Crippen molar-refractivity contribution in [3.63, 3.8) is 0 Å². The van der Waals surface area contributed by atoms with E-state index in [1.54, 1.807) is 6.92 Å². The topological polar surface area (TPSA) is 55.1 Å². The van der Waals surface area contributed by atoms with Crippen LogP contribution in [0.2, 0.25) is 0 Å². The molecule has 1 aromatic rings. The molecule has 3 N–H and O–H groups in total. The zero-order valence-electron chi connectivity index (χ0n) is 11.7. The van der Waals surface area contributed by atoms with Crippen molar-refractivity contribution in [3.05, 3.63) is 34.3 Å². The minimum Gasteiger partial charge on any atom is -0.354 e. The van der Waals surface area contributed by atoms with Crippen molar-refractivity contribution in [2.75, 3.05) is 6.54 Å². The molecule has 0 spiro atoms. The molecule has 2 atom stereocenters. The second-order valence-corrected chi connectivity index (χ2v) is 7.22. The first-order chi connectivity index (χ1) is 8.73. The second kappa shape index (κ2) is 4.91. The number of nitrogens with two attached hydrogens (primary N) is 1. The molecule has 0 radical (unpaired) electrons. The number of benzene rings is 1. The van der Waals surface area contributed by atoms with Crippen LogP contribution >= 0.6 is 15.9 Å². The highest BCUT2D eigenvalue weighted by atomic mass is 79.9. The zero-order chi connectivity index (χ0) is 14.3. The van der Waals surface area contributed by atoms with Crippen LogP contribution < -0.4 is 11.1 Å². The first-order valence-corrected chi connectivity index (χ1v) is 7.36. The third kappa shape index (κ3) is 3.18. The standard InChI is InChI=1S/C15H21BrN2O/c1-14(2)8-11(14)9-18-13(19)15(3,17)10-4-6-12(16)7-5-10/h4-7,11H,8-9,17H2,1-3H3,(H,18,19). The molecule has 4 heteroatoms. The molecule has 0 bridgehead atoms. The van der Waals surface area contributed by atoms with Gasteiger partial charge in [0, 0.05) is 11.0 Å². The Kier molecular flexibility index (Phi) is 3.76. The Balaban J connectivity index is 1.98. The van der Waals surface area contributed by atoms with Crippen LogP contribution in [0.1, 0.15) is 32.8 Å². The normalized spacial score (nSPS) is 23.5. The number of carbonyl (C=O) groups excluding carboxylic acids is 1. The highest BCUT2D eigenvalue weighted by Crippen LogP contribution is 2.51. The molecule has 1 aliphatic rings.